The monoisotopic (exact) mass is 335 g/mol. The largest absolute Gasteiger partial charge is 0.380 e. The van der Waals surface area contributed by atoms with E-state index in [9.17, 15) is 9.59 Å². The van der Waals surface area contributed by atoms with Gasteiger partial charge in [-0.25, -0.2) is 4.98 Å². The quantitative estimate of drug-likeness (QED) is 0.828. The van der Waals surface area contributed by atoms with E-state index in [1.165, 1.54) is 0 Å². The third-order valence-electron chi connectivity index (χ3n) is 4.95. The number of carbonyl (C=O) groups excluding carboxylic acids is 2. The van der Waals surface area contributed by atoms with Gasteiger partial charge in [0.05, 0.1) is 18.7 Å². The number of rotatable bonds is 4. The van der Waals surface area contributed by atoms with Crippen molar-refractivity contribution < 1.29 is 14.3 Å². The Balaban J connectivity index is 1.59. The average Bonchev–Trinajstić information content (AvgIpc) is 3.24. The summed E-state index contributed by atoms with van der Waals surface area (Å²) in [5, 5.41) is 0. The number of carbonyl (C=O) groups is 2. The van der Waals surface area contributed by atoms with Crippen LogP contribution in [0.2, 0.25) is 0 Å². The Labute approximate surface area is 141 Å². The zero-order chi connectivity index (χ0) is 17.1. The molecule has 0 aromatic carbocycles. The van der Waals surface area contributed by atoms with Crippen LogP contribution in [0.25, 0.3) is 0 Å². The van der Waals surface area contributed by atoms with Crippen LogP contribution in [-0.4, -0.2) is 89.0 Å². The molecule has 0 aliphatic carbocycles. The topological polar surface area (TPSA) is 81.8 Å². The van der Waals surface area contributed by atoms with Gasteiger partial charge in [0.2, 0.25) is 11.8 Å². The predicted octanol–water partition coefficient (Wildman–Crippen LogP) is -0.138. The Morgan fingerprint density at radius 3 is 2.58 bits per heavy atom. The summed E-state index contributed by atoms with van der Waals surface area (Å²) >= 11 is 0. The first-order chi connectivity index (χ1) is 11.6. The fourth-order valence-electron chi connectivity index (χ4n) is 3.50. The van der Waals surface area contributed by atoms with Crippen molar-refractivity contribution in [1.82, 2.24) is 24.7 Å². The van der Waals surface area contributed by atoms with Gasteiger partial charge >= 0.3 is 0 Å². The molecule has 132 valence electrons. The molecule has 0 spiro atoms. The van der Waals surface area contributed by atoms with Crippen molar-refractivity contribution in [3.8, 4) is 0 Å². The van der Waals surface area contributed by atoms with E-state index in [-0.39, 0.29) is 24.0 Å². The van der Waals surface area contributed by atoms with E-state index in [2.05, 4.69) is 14.9 Å². The van der Waals surface area contributed by atoms with Crippen molar-refractivity contribution in [2.24, 2.45) is 0 Å². The Bertz CT molecular complexity index is 568. The number of methoxy groups -OCH3 is 1. The Morgan fingerprint density at radius 1 is 1.29 bits per heavy atom. The molecule has 1 N–H and O–H groups in total. The minimum atomic E-state index is 0.0717. The first-order valence-electron chi connectivity index (χ1n) is 8.38. The second-order valence-corrected chi connectivity index (χ2v) is 6.40. The summed E-state index contributed by atoms with van der Waals surface area (Å²) in [5.41, 5.74) is 0. The van der Waals surface area contributed by atoms with Gasteiger partial charge in [-0.15, -0.1) is 0 Å². The summed E-state index contributed by atoms with van der Waals surface area (Å²) in [6.45, 7) is 5.08. The summed E-state index contributed by atoms with van der Waals surface area (Å²) in [4.78, 5) is 37.3. The number of amides is 2. The predicted molar refractivity (Wildman–Crippen MR) is 87.1 cm³/mol. The van der Waals surface area contributed by atoms with Crippen LogP contribution in [0.5, 0.6) is 0 Å². The number of ether oxygens (including phenoxy) is 1. The lowest BCUT2D eigenvalue weighted by Gasteiger charge is -2.35. The minimum absolute atomic E-state index is 0.0717. The van der Waals surface area contributed by atoms with Gasteiger partial charge in [-0.3, -0.25) is 14.5 Å². The molecule has 2 fully saturated rings. The second kappa shape index (κ2) is 7.31. The van der Waals surface area contributed by atoms with Crippen LogP contribution in [0.4, 0.5) is 0 Å². The summed E-state index contributed by atoms with van der Waals surface area (Å²) in [6, 6.07) is 0.0763. The van der Waals surface area contributed by atoms with Crippen LogP contribution in [0.15, 0.2) is 12.4 Å². The molecule has 1 aromatic rings. The van der Waals surface area contributed by atoms with E-state index < -0.39 is 0 Å². The van der Waals surface area contributed by atoms with Crippen molar-refractivity contribution in [2.45, 2.75) is 25.5 Å². The van der Waals surface area contributed by atoms with Gasteiger partial charge in [-0.2, -0.15) is 0 Å². The minimum Gasteiger partial charge on any atom is -0.380 e. The number of hydrogen-bond donors (Lipinski definition) is 1. The number of imidazole rings is 1. The molecule has 2 atom stereocenters. The van der Waals surface area contributed by atoms with E-state index in [4.69, 9.17) is 4.74 Å². The van der Waals surface area contributed by atoms with E-state index in [0.717, 1.165) is 18.8 Å². The smallest absolute Gasteiger partial charge is 0.236 e. The van der Waals surface area contributed by atoms with Gasteiger partial charge in [-0.1, -0.05) is 0 Å². The highest BCUT2D eigenvalue weighted by molar-refractivity contribution is 5.79. The Morgan fingerprint density at radius 2 is 2.00 bits per heavy atom. The van der Waals surface area contributed by atoms with Crippen LogP contribution in [0.1, 0.15) is 25.2 Å². The van der Waals surface area contributed by atoms with Gasteiger partial charge < -0.3 is 19.5 Å². The van der Waals surface area contributed by atoms with Gasteiger partial charge in [0.15, 0.2) is 0 Å². The van der Waals surface area contributed by atoms with Crippen LogP contribution >= 0.6 is 0 Å². The molecule has 3 rings (SSSR count). The summed E-state index contributed by atoms with van der Waals surface area (Å²) in [7, 11) is 1.70. The van der Waals surface area contributed by atoms with Gasteiger partial charge in [-0.05, 0) is 6.42 Å². The fraction of sp³-hybridized carbons (Fsp3) is 0.688. The molecule has 1 unspecified atom stereocenters. The number of aromatic nitrogens is 2. The molecule has 3 heterocycles. The number of piperazine rings is 1. The van der Waals surface area contributed by atoms with Crippen molar-refractivity contribution in [3.63, 3.8) is 0 Å². The van der Waals surface area contributed by atoms with Gasteiger partial charge in [0.25, 0.3) is 0 Å². The maximum atomic E-state index is 12.7. The molecular formula is C16H25N5O3. The molecule has 8 heteroatoms. The maximum Gasteiger partial charge on any atom is 0.236 e. The molecular weight excluding hydrogens is 310 g/mol. The lowest BCUT2D eigenvalue weighted by Crippen LogP contribution is -2.52. The van der Waals surface area contributed by atoms with E-state index in [0.29, 0.717) is 32.7 Å². The molecule has 24 heavy (non-hydrogen) atoms. The molecule has 0 saturated carbocycles. The number of aromatic amines is 1. The number of H-pyrrole nitrogens is 1. The molecule has 2 aliphatic heterocycles. The van der Waals surface area contributed by atoms with Crippen LogP contribution in [-0.2, 0) is 14.3 Å². The zero-order valence-corrected chi connectivity index (χ0v) is 14.3. The molecule has 1 aromatic heterocycles. The summed E-state index contributed by atoms with van der Waals surface area (Å²) in [5.74, 6) is 1.05. The molecule has 2 aliphatic rings. The van der Waals surface area contributed by atoms with Crippen molar-refractivity contribution in [3.05, 3.63) is 18.2 Å². The summed E-state index contributed by atoms with van der Waals surface area (Å²) in [6.07, 6.45) is 4.48. The highest BCUT2D eigenvalue weighted by Crippen LogP contribution is 2.31. The normalized spacial score (nSPS) is 25.2. The lowest BCUT2D eigenvalue weighted by atomic mass is 10.2. The Kier molecular flexibility index (Phi) is 5.15. The van der Waals surface area contributed by atoms with Crippen molar-refractivity contribution >= 4 is 11.8 Å². The van der Waals surface area contributed by atoms with E-state index in [1.807, 2.05) is 4.90 Å². The van der Waals surface area contributed by atoms with Crippen LogP contribution in [0, 0.1) is 0 Å². The standard InChI is InChI=1S/C16H25N5O3/c1-12(22)19-5-7-20(8-6-19)15(23)11-21-10-13(24-2)9-14(21)16-17-3-4-18-16/h3-4,13-14H,5-11H2,1-2H3,(H,17,18)/t13-,14?/m1/s1. The highest BCUT2D eigenvalue weighted by atomic mass is 16.5. The van der Waals surface area contributed by atoms with E-state index in [1.54, 1.807) is 31.3 Å². The molecule has 0 radical (unpaired) electrons. The van der Waals surface area contributed by atoms with Crippen LogP contribution < -0.4 is 0 Å². The van der Waals surface area contributed by atoms with Crippen molar-refractivity contribution in [2.75, 3.05) is 46.4 Å². The number of nitrogens with one attached hydrogen (secondary N) is 1. The van der Waals surface area contributed by atoms with Crippen LogP contribution in [0.3, 0.4) is 0 Å². The highest BCUT2D eigenvalue weighted by Gasteiger charge is 2.36. The van der Waals surface area contributed by atoms with Crippen molar-refractivity contribution in [1.29, 1.82) is 0 Å². The Hall–Kier alpha value is -1.93. The number of hydrogen-bond acceptors (Lipinski definition) is 5. The maximum absolute atomic E-state index is 12.7. The second-order valence-electron chi connectivity index (χ2n) is 6.40. The zero-order valence-electron chi connectivity index (χ0n) is 14.3. The van der Waals surface area contributed by atoms with Gasteiger partial charge in [0.1, 0.15) is 5.82 Å². The molecule has 2 saturated heterocycles. The molecule has 8 nitrogen and oxygen atoms in total. The van der Waals surface area contributed by atoms with E-state index >= 15 is 0 Å². The molecule has 2 amide bonds. The molecule has 0 bridgehead atoms. The van der Waals surface area contributed by atoms with Gasteiger partial charge in [0, 0.05) is 59.2 Å². The SMILES string of the molecule is CO[C@@H]1CC(c2ncc[nH]2)N(CC(=O)N2CCN(C(C)=O)CC2)C1. The first-order valence-corrected chi connectivity index (χ1v) is 8.38. The third kappa shape index (κ3) is 3.59. The fourth-order valence-corrected chi connectivity index (χ4v) is 3.50. The lowest BCUT2D eigenvalue weighted by molar-refractivity contribution is -0.139. The third-order valence-corrected chi connectivity index (χ3v) is 4.95. The number of nitrogens with zero attached hydrogens (tertiary/aromatic N) is 4. The average molecular weight is 335 g/mol. The summed E-state index contributed by atoms with van der Waals surface area (Å²) < 4.78 is 5.48. The number of likely N-dealkylation sites (tertiary alicyclic amines) is 1. The first kappa shape index (κ1) is 16.9.